The number of rotatable bonds is 4. The zero-order valence-corrected chi connectivity index (χ0v) is 9.25. The van der Waals surface area contributed by atoms with Gasteiger partial charge in [0.1, 0.15) is 11.8 Å². The van der Waals surface area contributed by atoms with Crippen LogP contribution in [0.1, 0.15) is 38.6 Å². The molecule has 0 aliphatic rings. The Morgan fingerprint density at radius 1 is 1.43 bits per heavy atom. The lowest BCUT2D eigenvalue weighted by Crippen LogP contribution is -2.04. The third-order valence-corrected chi connectivity index (χ3v) is 2.48. The summed E-state index contributed by atoms with van der Waals surface area (Å²) in [4.78, 5) is 0. The highest BCUT2D eigenvalue weighted by Crippen LogP contribution is 2.13. The highest BCUT2D eigenvalue weighted by molar-refractivity contribution is 5.27. The molecule has 0 saturated carbocycles. The van der Waals surface area contributed by atoms with Crippen LogP contribution >= 0.6 is 0 Å². The van der Waals surface area contributed by atoms with E-state index in [1.54, 1.807) is 0 Å². The van der Waals surface area contributed by atoms with Crippen LogP contribution in [-0.4, -0.2) is 4.57 Å². The summed E-state index contributed by atoms with van der Waals surface area (Å²) in [5.41, 5.74) is 2.07. The van der Waals surface area contributed by atoms with Gasteiger partial charge in [-0.05, 0) is 37.8 Å². The molecule has 14 heavy (non-hydrogen) atoms. The van der Waals surface area contributed by atoms with Crippen LogP contribution in [-0.2, 0) is 13.0 Å². The summed E-state index contributed by atoms with van der Waals surface area (Å²) in [6.07, 6.45) is 2.27. The standard InChI is InChI=1S/C12H18N2/c1-4-14-11(6-5-10(2)3)7-8-12(14)9-13/h7-8,10H,4-6H2,1-3H3. The molecule has 2 heteroatoms. The Hall–Kier alpha value is -1.23. The molecule has 0 saturated heterocycles. The summed E-state index contributed by atoms with van der Waals surface area (Å²) in [5, 5.41) is 8.87. The predicted molar refractivity (Wildman–Crippen MR) is 58.0 cm³/mol. The normalized spacial score (nSPS) is 10.5. The van der Waals surface area contributed by atoms with E-state index in [9.17, 15) is 0 Å². The first-order chi connectivity index (χ1) is 6.69. The summed E-state index contributed by atoms with van der Waals surface area (Å²) in [7, 11) is 0. The Bertz CT molecular complexity index is 329. The van der Waals surface area contributed by atoms with E-state index in [1.807, 2.05) is 6.07 Å². The number of nitrogens with zero attached hydrogens (tertiary/aromatic N) is 2. The van der Waals surface area contributed by atoms with E-state index >= 15 is 0 Å². The van der Waals surface area contributed by atoms with Crippen LogP contribution in [0.15, 0.2) is 12.1 Å². The van der Waals surface area contributed by atoms with Crippen LogP contribution in [0.4, 0.5) is 0 Å². The molecule has 0 N–H and O–H groups in total. The maximum absolute atomic E-state index is 8.87. The second-order valence-electron chi connectivity index (χ2n) is 4.00. The topological polar surface area (TPSA) is 28.7 Å². The molecule has 76 valence electrons. The van der Waals surface area contributed by atoms with Crippen LogP contribution in [0, 0.1) is 17.2 Å². The van der Waals surface area contributed by atoms with Gasteiger partial charge in [-0.3, -0.25) is 0 Å². The van der Waals surface area contributed by atoms with E-state index in [2.05, 4.69) is 37.5 Å². The van der Waals surface area contributed by atoms with Crippen LogP contribution < -0.4 is 0 Å². The molecule has 0 atom stereocenters. The van der Waals surface area contributed by atoms with Crippen molar-refractivity contribution >= 4 is 0 Å². The van der Waals surface area contributed by atoms with Crippen molar-refractivity contribution in [3.05, 3.63) is 23.5 Å². The first-order valence-corrected chi connectivity index (χ1v) is 5.27. The second kappa shape index (κ2) is 4.85. The van der Waals surface area contributed by atoms with Crippen molar-refractivity contribution in [3.63, 3.8) is 0 Å². The van der Waals surface area contributed by atoms with Crippen molar-refractivity contribution in [2.24, 2.45) is 5.92 Å². The van der Waals surface area contributed by atoms with E-state index < -0.39 is 0 Å². The number of aryl methyl sites for hydroxylation is 1. The minimum Gasteiger partial charge on any atom is -0.337 e. The molecule has 0 fully saturated rings. The Morgan fingerprint density at radius 3 is 2.64 bits per heavy atom. The summed E-state index contributed by atoms with van der Waals surface area (Å²) in [6, 6.07) is 6.21. The Balaban J connectivity index is 2.77. The molecular weight excluding hydrogens is 172 g/mol. The van der Waals surface area contributed by atoms with Crippen molar-refractivity contribution in [2.75, 3.05) is 0 Å². The fourth-order valence-corrected chi connectivity index (χ4v) is 1.64. The number of hydrogen-bond acceptors (Lipinski definition) is 1. The third-order valence-electron chi connectivity index (χ3n) is 2.48. The molecule has 0 aliphatic heterocycles. The van der Waals surface area contributed by atoms with E-state index in [0.717, 1.165) is 24.6 Å². The number of aromatic nitrogens is 1. The van der Waals surface area contributed by atoms with Crippen molar-refractivity contribution in [2.45, 2.75) is 40.2 Å². The molecule has 0 amide bonds. The average molecular weight is 190 g/mol. The highest BCUT2D eigenvalue weighted by atomic mass is 15.0. The SMILES string of the molecule is CCn1c(C#N)ccc1CCC(C)C. The fraction of sp³-hybridized carbons (Fsp3) is 0.583. The van der Waals surface area contributed by atoms with Gasteiger partial charge in [0.05, 0.1) is 0 Å². The lowest BCUT2D eigenvalue weighted by molar-refractivity contribution is 0.565. The molecule has 0 radical (unpaired) electrons. The van der Waals surface area contributed by atoms with Gasteiger partial charge in [-0.25, -0.2) is 0 Å². The predicted octanol–water partition coefficient (Wildman–Crippen LogP) is 2.97. The van der Waals surface area contributed by atoms with E-state index in [-0.39, 0.29) is 0 Å². The molecule has 0 aromatic carbocycles. The Labute approximate surface area is 86.2 Å². The van der Waals surface area contributed by atoms with Crippen LogP contribution in [0.25, 0.3) is 0 Å². The zero-order chi connectivity index (χ0) is 10.6. The molecule has 1 aromatic heterocycles. The molecule has 2 nitrogen and oxygen atoms in total. The maximum atomic E-state index is 8.87. The van der Waals surface area contributed by atoms with Crippen molar-refractivity contribution in [3.8, 4) is 6.07 Å². The molecule has 0 unspecified atom stereocenters. The molecule has 1 rings (SSSR count). The summed E-state index contributed by atoms with van der Waals surface area (Å²) < 4.78 is 2.10. The van der Waals surface area contributed by atoms with Gasteiger partial charge in [-0.1, -0.05) is 13.8 Å². The van der Waals surface area contributed by atoms with Gasteiger partial charge in [0.25, 0.3) is 0 Å². The highest BCUT2D eigenvalue weighted by Gasteiger charge is 2.06. The first kappa shape index (κ1) is 10.8. The van der Waals surface area contributed by atoms with E-state index in [4.69, 9.17) is 5.26 Å². The Kier molecular flexibility index (Phi) is 3.76. The Morgan fingerprint density at radius 2 is 2.14 bits per heavy atom. The first-order valence-electron chi connectivity index (χ1n) is 5.27. The van der Waals surface area contributed by atoms with Gasteiger partial charge in [0.15, 0.2) is 0 Å². The lowest BCUT2D eigenvalue weighted by Gasteiger charge is -2.08. The molecule has 0 spiro atoms. The maximum Gasteiger partial charge on any atom is 0.120 e. The summed E-state index contributed by atoms with van der Waals surface area (Å²) in [6.45, 7) is 7.43. The molecule has 1 aromatic rings. The molecular formula is C12H18N2. The summed E-state index contributed by atoms with van der Waals surface area (Å²) >= 11 is 0. The van der Waals surface area contributed by atoms with Crippen molar-refractivity contribution in [1.82, 2.24) is 4.57 Å². The number of hydrogen-bond donors (Lipinski definition) is 0. The third kappa shape index (κ3) is 2.38. The smallest absolute Gasteiger partial charge is 0.120 e. The average Bonchev–Trinajstić information content (AvgIpc) is 2.56. The van der Waals surface area contributed by atoms with Gasteiger partial charge in [-0.15, -0.1) is 0 Å². The van der Waals surface area contributed by atoms with Crippen LogP contribution in [0.5, 0.6) is 0 Å². The van der Waals surface area contributed by atoms with Crippen molar-refractivity contribution < 1.29 is 0 Å². The van der Waals surface area contributed by atoms with E-state index in [1.165, 1.54) is 12.1 Å². The second-order valence-corrected chi connectivity index (χ2v) is 4.00. The quantitative estimate of drug-likeness (QED) is 0.717. The van der Waals surface area contributed by atoms with Gasteiger partial charge in [-0.2, -0.15) is 5.26 Å². The minimum atomic E-state index is 0.723. The molecule has 0 aliphatic carbocycles. The van der Waals surface area contributed by atoms with Gasteiger partial charge in [0.2, 0.25) is 0 Å². The minimum absolute atomic E-state index is 0.723. The van der Waals surface area contributed by atoms with Gasteiger partial charge < -0.3 is 4.57 Å². The van der Waals surface area contributed by atoms with Crippen LogP contribution in [0.3, 0.4) is 0 Å². The monoisotopic (exact) mass is 190 g/mol. The largest absolute Gasteiger partial charge is 0.337 e. The summed E-state index contributed by atoms with van der Waals surface area (Å²) in [5.74, 6) is 0.723. The number of nitriles is 1. The van der Waals surface area contributed by atoms with Gasteiger partial charge in [0, 0.05) is 12.2 Å². The fourth-order valence-electron chi connectivity index (χ4n) is 1.64. The van der Waals surface area contributed by atoms with Crippen LogP contribution in [0.2, 0.25) is 0 Å². The van der Waals surface area contributed by atoms with E-state index in [0.29, 0.717) is 0 Å². The molecule has 0 bridgehead atoms. The van der Waals surface area contributed by atoms with Crippen molar-refractivity contribution in [1.29, 1.82) is 5.26 Å². The molecule has 1 heterocycles. The van der Waals surface area contributed by atoms with Gasteiger partial charge >= 0.3 is 0 Å². The lowest BCUT2D eigenvalue weighted by atomic mass is 10.1. The zero-order valence-electron chi connectivity index (χ0n) is 9.25.